The van der Waals surface area contributed by atoms with Crippen LogP contribution in [0.3, 0.4) is 0 Å². The molecule has 3 rings (SSSR count). The fourth-order valence-corrected chi connectivity index (χ4v) is 2.04. The SMILES string of the molecule is O=C(O)CNc1ncnc2ccc3c(c12)OCCN3. The number of nitrogens with zero attached hydrogens (tertiary/aromatic N) is 2. The van der Waals surface area contributed by atoms with Crippen molar-refractivity contribution in [1.82, 2.24) is 9.97 Å². The number of nitrogens with one attached hydrogen (secondary N) is 2. The van der Waals surface area contributed by atoms with Crippen LogP contribution in [-0.4, -0.2) is 40.7 Å². The van der Waals surface area contributed by atoms with Gasteiger partial charge in [0.05, 0.1) is 16.6 Å². The predicted molar refractivity (Wildman–Crippen MR) is 69.6 cm³/mol. The third kappa shape index (κ3) is 2.10. The molecule has 0 aliphatic carbocycles. The molecule has 1 aromatic heterocycles. The number of hydrogen-bond acceptors (Lipinski definition) is 6. The highest BCUT2D eigenvalue weighted by atomic mass is 16.5. The van der Waals surface area contributed by atoms with E-state index in [4.69, 9.17) is 9.84 Å². The van der Waals surface area contributed by atoms with E-state index in [2.05, 4.69) is 20.6 Å². The summed E-state index contributed by atoms with van der Waals surface area (Å²) in [6.07, 6.45) is 1.40. The molecule has 1 aliphatic rings. The standard InChI is InChI=1S/C12H12N4O3/c17-9(18)5-14-12-10-7(15-6-16-12)1-2-8-11(10)19-4-3-13-8/h1-2,6,13H,3-5H2,(H,17,18)(H,14,15,16). The Hall–Kier alpha value is -2.57. The van der Waals surface area contributed by atoms with Crippen molar-refractivity contribution in [2.24, 2.45) is 0 Å². The summed E-state index contributed by atoms with van der Waals surface area (Å²) in [5.41, 5.74) is 1.58. The Bertz CT molecular complexity index is 644. The van der Waals surface area contributed by atoms with E-state index in [1.807, 2.05) is 12.1 Å². The van der Waals surface area contributed by atoms with Gasteiger partial charge < -0.3 is 20.5 Å². The first kappa shape index (κ1) is 11.5. The molecule has 0 amide bonds. The minimum Gasteiger partial charge on any atom is -0.489 e. The first-order chi connectivity index (χ1) is 9.25. The van der Waals surface area contributed by atoms with Crippen LogP contribution >= 0.6 is 0 Å². The Morgan fingerprint density at radius 3 is 3.21 bits per heavy atom. The molecule has 19 heavy (non-hydrogen) atoms. The summed E-state index contributed by atoms with van der Waals surface area (Å²) < 4.78 is 5.65. The number of carbonyl (C=O) groups is 1. The van der Waals surface area contributed by atoms with Gasteiger partial charge in [0.2, 0.25) is 0 Å². The summed E-state index contributed by atoms with van der Waals surface area (Å²) in [4.78, 5) is 18.9. The number of carboxylic acid groups (broad SMARTS) is 1. The molecule has 0 unspecified atom stereocenters. The Morgan fingerprint density at radius 1 is 1.47 bits per heavy atom. The van der Waals surface area contributed by atoms with Crippen molar-refractivity contribution in [2.45, 2.75) is 0 Å². The number of rotatable bonds is 3. The Balaban J connectivity index is 2.13. The molecule has 0 radical (unpaired) electrons. The second-order valence-corrected chi connectivity index (χ2v) is 4.08. The number of ether oxygens (including phenoxy) is 1. The van der Waals surface area contributed by atoms with Crippen molar-refractivity contribution >= 4 is 28.4 Å². The second-order valence-electron chi connectivity index (χ2n) is 4.08. The van der Waals surface area contributed by atoms with E-state index in [-0.39, 0.29) is 6.54 Å². The van der Waals surface area contributed by atoms with Crippen LogP contribution < -0.4 is 15.4 Å². The van der Waals surface area contributed by atoms with Gasteiger partial charge in [-0.05, 0) is 12.1 Å². The molecule has 0 fully saturated rings. The molecule has 7 heteroatoms. The zero-order valence-electron chi connectivity index (χ0n) is 10.0. The van der Waals surface area contributed by atoms with Gasteiger partial charge in [-0.2, -0.15) is 0 Å². The van der Waals surface area contributed by atoms with Gasteiger partial charge in [-0.3, -0.25) is 4.79 Å². The highest BCUT2D eigenvalue weighted by Gasteiger charge is 2.17. The summed E-state index contributed by atoms with van der Waals surface area (Å²) in [7, 11) is 0. The quantitative estimate of drug-likeness (QED) is 0.755. The lowest BCUT2D eigenvalue weighted by atomic mass is 10.1. The molecular weight excluding hydrogens is 248 g/mol. The van der Waals surface area contributed by atoms with Crippen molar-refractivity contribution in [3.05, 3.63) is 18.5 Å². The van der Waals surface area contributed by atoms with Crippen molar-refractivity contribution in [3.8, 4) is 5.75 Å². The Labute approximate surface area is 108 Å². The first-order valence-electron chi connectivity index (χ1n) is 5.86. The monoisotopic (exact) mass is 260 g/mol. The lowest BCUT2D eigenvalue weighted by Gasteiger charge is -2.21. The van der Waals surface area contributed by atoms with Gasteiger partial charge in [0.15, 0.2) is 5.75 Å². The highest BCUT2D eigenvalue weighted by molar-refractivity contribution is 5.99. The van der Waals surface area contributed by atoms with E-state index in [1.54, 1.807) is 0 Å². The largest absolute Gasteiger partial charge is 0.489 e. The molecular formula is C12H12N4O3. The first-order valence-corrected chi connectivity index (χ1v) is 5.86. The molecule has 0 saturated carbocycles. The summed E-state index contributed by atoms with van der Waals surface area (Å²) in [6.45, 7) is 1.09. The average molecular weight is 260 g/mol. The van der Waals surface area contributed by atoms with E-state index in [1.165, 1.54) is 6.33 Å². The zero-order valence-corrected chi connectivity index (χ0v) is 10.0. The van der Waals surface area contributed by atoms with E-state index in [0.29, 0.717) is 29.1 Å². The number of aliphatic carboxylic acids is 1. The van der Waals surface area contributed by atoms with Crippen LogP contribution in [0.4, 0.5) is 11.5 Å². The van der Waals surface area contributed by atoms with Crippen LogP contribution in [0.25, 0.3) is 10.9 Å². The Kier molecular flexibility index (Phi) is 2.79. The number of benzene rings is 1. The molecule has 2 heterocycles. The molecule has 0 saturated heterocycles. The molecule has 1 aromatic carbocycles. The van der Waals surface area contributed by atoms with Crippen LogP contribution in [0.2, 0.25) is 0 Å². The molecule has 2 aromatic rings. The minimum absolute atomic E-state index is 0.205. The van der Waals surface area contributed by atoms with Gasteiger partial charge in [-0.1, -0.05) is 0 Å². The summed E-state index contributed by atoms with van der Waals surface area (Å²) >= 11 is 0. The number of carboxylic acids is 1. The smallest absolute Gasteiger partial charge is 0.322 e. The molecule has 7 nitrogen and oxygen atoms in total. The van der Waals surface area contributed by atoms with Crippen molar-refractivity contribution < 1.29 is 14.6 Å². The van der Waals surface area contributed by atoms with Gasteiger partial charge in [0, 0.05) is 6.54 Å². The fraction of sp³-hybridized carbons (Fsp3) is 0.250. The summed E-state index contributed by atoms with van der Waals surface area (Å²) in [5.74, 6) is 0.181. The normalized spacial score (nSPS) is 13.3. The van der Waals surface area contributed by atoms with E-state index in [0.717, 1.165) is 12.2 Å². The van der Waals surface area contributed by atoms with Crippen LogP contribution in [0.5, 0.6) is 5.75 Å². The molecule has 98 valence electrons. The summed E-state index contributed by atoms with van der Waals surface area (Å²) in [5, 5.41) is 15.4. The number of anilines is 2. The molecule has 0 bridgehead atoms. The van der Waals surface area contributed by atoms with Crippen LogP contribution in [-0.2, 0) is 4.79 Å². The maximum atomic E-state index is 10.6. The van der Waals surface area contributed by atoms with Crippen molar-refractivity contribution in [3.63, 3.8) is 0 Å². The maximum absolute atomic E-state index is 10.6. The molecule has 1 aliphatic heterocycles. The van der Waals surface area contributed by atoms with E-state index in [9.17, 15) is 4.79 Å². The van der Waals surface area contributed by atoms with E-state index < -0.39 is 5.97 Å². The van der Waals surface area contributed by atoms with Crippen molar-refractivity contribution in [1.29, 1.82) is 0 Å². The topological polar surface area (TPSA) is 96.4 Å². The van der Waals surface area contributed by atoms with Crippen molar-refractivity contribution in [2.75, 3.05) is 30.3 Å². The van der Waals surface area contributed by atoms with Crippen LogP contribution in [0.15, 0.2) is 18.5 Å². The maximum Gasteiger partial charge on any atom is 0.322 e. The third-order valence-electron chi connectivity index (χ3n) is 2.83. The predicted octanol–water partition coefficient (Wildman–Crippen LogP) is 0.931. The van der Waals surface area contributed by atoms with Gasteiger partial charge in [-0.15, -0.1) is 0 Å². The number of aromatic nitrogens is 2. The lowest BCUT2D eigenvalue weighted by Crippen LogP contribution is -2.19. The molecule has 0 spiro atoms. The lowest BCUT2D eigenvalue weighted by molar-refractivity contribution is -0.134. The van der Waals surface area contributed by atoms with Gasteiger partial charge >= 0.3 is 5.97 Å². The number of fused-ring (bicyclic) bond motifs is 3. The van der Waals surface area contributed by atoms with E-state index >= 15 is 0 Å². The summed E-state index contributed by atoms with van der Waals surface area (Å²) in [6, 6.07) is 3.74. The van der Waals surface area contributed by atoms with Crippen LogP contribution in [0.1, 0.15) is 0 Å². The minimum atomic E-state index is -0.949. The second kappa shape index (κ2) is 4.60. The molecule has 3 N–H and O–H groups in total. The average Bonchev–Trinajstić information content (AvgIpc) is 2.44. The Morgan fingerprint density at radius 2 is 2.37 bits per heavy atom. The zero-order chi connectivity index (χ0) is 13.2. The van der Waals surface area contributed by atoms with Gasteiger partial charge in [0.25, 0.3) is 0 Å². The molecule has 0 atom stereocenters. The van der Waals surface area contributed by atoms with Gasteiger partial charge in [0.1, 0.15) is 25.3 Å². The van der Waals surface area contributed by atoms with Crippen LogP contribution in [0, 0.1) is 0 Å². The highest BCUT2D eigenvalue weighted by Crippen LogP contribution is 2.37. The fourth-order valence-electron chi connectivity index (χ4n) is 2.04. The third-order valence-corrected chi connectivity index (χ3v) is 2.83. The van der Waals surface area contributed by atoms with Gasteiger partial charge in [-0.25, -0.2) is 9.97 Å². The number of hydrogen-bond donors (Lipinski definition) is 3.